The number of benzene rings is 1. The highest BCUT2D eigenvalue weighted by Gasteiger charge is 2.24. The van der Waals surface area contributed by atoms with Crippen molar-refractivity contribution >= 4 is 17.9 Å². The molecule has 6 heteroatoms. The summed E-state index contributed by atoms with van der Waals surface area (Å²) in [4.78, 5) is 35.4. The van der Waals surface area contributed by atoms with Gasteiger partial charge in [-0.15, -0.1) is 0 Å². The zero-order valence-electron chi connectivity index (χ0n) is 13.3. The molecule has 0 N–H and O–H groups in total. The number of rotatable bonds is 5. The molecule has 0 unspecified atom stereocenters. The normalized spacial score (nSPS) is 10.5. The zero-order valence-corrected chi connectivity index (χ0v) is 13.3. The summed E-state index contributed by atoms with van der Waals surface area (Å²) in [5.41, 5.74) is 0.0190. The molecule has 0 spiro atoms. The Morgan fingerprint density at radius 3 is 1.95 bits per heavy atom. The fourth-order valence-corrected chi connectivity index (χ4v) is 1.42. The van der Waals surface area contributed by atoms with E-state index in [0.717, 1.165) is 0 Å². The first-order valence-electron chi connectivity index (χ1n) is 6.92. The third-order valence-corrected chi connectivity index (χ3v) is 2.74. The van der Waals surface area contributed by atoms with E-state index in [1.165, 1.54) is 25.3 Å². The minimum Gasteiger partial charge on any atom is -0.465 e. The zero-order chi connectivity index (χ0) is 16.9. The van der Waals surface area contributed by atoms with Crippen LogP contribution in [0, 0.1) is 11.8 Å². The molecule has 0 heterocycles. The highest BCUT2D eigenvalue weighted by Crippen LogP contribution is 2.33. The van der Waals surface area contributed by atoms with Gasteiger partial charge < -0.3 is 14.2 Å². The van der Waals surface area contributed by atoms with Crippen molar-refractivity contribution in [3.05, 3.63) is 23.8 Å². The Morgan fingerprint density at radius 2 is 1.45 bits per heavy atom. The highest BCUT2D eigenvalue weighted by atomic mass is 16.6. The third-order valence-electron chi connectivity index (χ3n) is 2.74. The minimum atomic E-state index is -0.686. The quantitative estimate of drug-likeness (QED) is 0.614. The highest BCUT2D eigenvalue weighted by molar-refractivity contribution is 5.95. The Bertz CT molecular complexity index is 574. The molecule has 0 atom stereocenters. The van der Waals surface area contributed by atoms with Crippen molar-refractivity contribution in [2.24, 2.45) is 11.8 Å². The number of hydrogen-bond acceptors (Lipinski definition) is 6. The Labute approximate surface area is 129 Å². The van der Waals surface area contributed by atoms with Crippen LogP contribution in [0.2, 0.25) is 0 Å². The smallest absolute Gasteiger partial charge is 0.341 e. The Kier molecular flexibility index (Phi) is 6.10. The largest absolute Gasteiger partial charge is 0.465 e. The van der Waals surface area contributed by atoms with Gasteiger partial charge in [0.25, 0.3) is 0 Å². The van der Waals surface area contributed by atoms with Crippen molar-refractivity contribution in [1.82, 2.24) is 0 Å². The molecule has 1 rings (SSSR count). The molecular formula is C16H20O6. The van der Waals surface area contributed by atoms with Crippen LogP contribution in [0.3, 0.4) is 0 Å². The van der Waals surface area contributed by atoms with Crippen LogP contribution in [0.1, 0.15) is 38.1 Å². The lowest BCUT2D eigenvalue weighted by Gasteiger charge is -2.15. The maximum absolute atomic E-state index is 11.8. The molecule has 0 fully saturated rings. The fourth-order valence-electron chi connectivity index (χ4n) is 1.42. The molecule has 0 saturated carbocycles. The Morgan fingerprint density at radius 1 is 0.909 bits per heavy atom. The minimum absolute atomic E-state index is 0.00981. The van der Waals surface area contributed by atoms with Gasteiger partial charge in [-0.3, -0.25) is 9.59 Å². The number of esters is 3. The lowest BCUT2D eigenvalue weighted by Crippen LogP contribution is -2.20. The van der Waals surface area contributed by atoms with Gasteiger partial charge >= 0.3 is 17.9 Å². The van der Waals surface area contributed by atoms with Crippen LogP contribution >= 0.6 is 0 Å². The molecule has 6 nitrogen and oxygen atoms in total. The number of para-hydroxylation sites is 1. The van der Waals surface area contributed by atoms with E-state index in [1.54, 1.807) is 27.7 Å². The summed E-state index contributed by atoms with van der Waals surface area (Å²) in [5.74, 6) is -2.59. The number of ether oxygens (including phenoxy) is 3. The second-order valence-corrected chi connectivity index (χ2v) is 5.28. The summed E-state index contributed by atoms with van der Waals surface area (Å²) in [7, 11) is 1.21. The number of carbonyl (C=O) groups excluding carboxylic acids is 3. The van der Waals surface area contributed by atoms with Gasteiger partial charge in [0, 0.05) is 0 Å². The molecule has 0 amide bonds. The van der Waals surface area contributed by atoms with Crippen LogP contribution in [0.4, 0.5) is 0 Å². The first-order chi connectivity index (χ1) is 10.3. The van der Waals surface area contributed by atoms with Crippen molar-refractivity contribution in [1.29, 1.82) is 0 Å². The summed E-state index contributed by atoms with van der Waals surface area (Å²) < 4.78 is 15.1. The van der Waals surface area contributed by atoms with Gasteiger partial charge in [0.1, 0.15) is 5.56 Å². The number of methoxy groups -OCH3 is 1. The van der Waals surface area contributed by atoms with E-state index in [9.17, 15) is 14.4 Å². The van der Waals surface area contributed by atoms with E-state index in [2.05, 4.69) is 4.74 Å². The molecule has 1 aromatic rings. The van der Waals surface area contributed by atoms with Crippen molar-refractivity contribution in [2.75, 3.05) is 7.11 Å². The molecular weight excluding hydrogens is 288 g/mol. The van der Waals surface area contributed by atoms with Gasteiger partial charge in [-0.2, -0.15) is 0 Å². The Hall–Kier alpha value is -2.37. The van der Waals surface area contributed by atoms with Crippen molar-refractivity contribution in [3.8, 4) is 11.5 Å². The lowest BCUT2D eigenvalue weighted by atomic mass is 10.1. The maximum atomic E-state index is 11.8. The fraction of sp³-hybridized carbons (Fsp3) is 0.438. The molecule has 22 heavy (non-hydrogen) atoms. The topological polar surface area (TPSA) is 78.9 Å². The molecule has 0 aromatic heterocycles. The van der Waals surface area contributed by atoms with Gasteiger partial charge in [-0.25, -0.2) is 4.79 Å². The van der Waals surface area contributed by atoms with Gasteiger partial charge in [0.05, 0.1) is 18.9 Å². The predicted molar refractivity (Wildman–Crippen MR) is 78.7 cm³/mol. The average Bonchev–Trinajstić information content (AvgIpc) is 2.47. The molecule has 0 bridgehead atoms. The van der Waals surface area contributed by atoms with E-state index in [-0.39, 0.29) is 23.0 Å². The van der Waals surface area contributed by atoms with Gasteiger partial charge in [-0.05, 0) is 12.1 Å². The van der Waals surface area contributed by atoms with Crippen molar-refractivity contribution in [2.45, 2.75) is 27.7 Å². The van der Waals surface area contributed by atoms with Gasteiger partial charge in [-0.1, -0.05) is 33.8 Å². The van der Waals surface area contributed by atoms with E-state index in [4.69, 9.17) is 9.47 Å². The summed E-state index contributed by atoms with van der Waals surface area (Å²) in [6.45, 7) is 6.66. The van der Waals surface area contributed by atoms with E-state index in [1.807, 2.05) is 0 Å². The second-order valence-electron chi connectivity index (χ2n) is 5.28. The van der Waals surface area contributed by atoms with Crippen LogP contribution < -0.4 is 9.47 Å². The molecule has 0 aliphatic heterocycles. The number of carbonyl (C=O) groups is 3. The predicted octanol–water partition coefficient (Wildman–Crippen LogP) is 2.60. The van der Waals surface area contributed by atoms with Crippen LogP contribution in [-0.2, 0) is 14.3 Å². The third kappa shape index (κ3) is 4.31. The number of hydrogen-bond donors (Lipinski definition) is 0. The second kappa shape index (κ2) is 7.59. The first-order valence-corrected chi connectivity index (χ1v) is 6.92. The maximum Gasteiger partial charge on any atom is 0.341 e. The summed E-state index contributed by atoms with van der Waals surface area (Å²) >= 11 is 0. The van der Waals surface area contributed by atoms with Crippen molar-refractivity contribution in [3.63, 3.8) is 0 Å². The van der Waals surface area contributed by atoms with Crippen molar-refractivity contribution < 1.29 is 28.6 Å². The van der Waals surface area contributed by atoms with Crippen LogP contribution in [0.5, 0.6) is 11.5 Å². The van der Waals surface area contributed by atoms with E-state index in [0.29, 0.717) is 0 Å². The van der Waals surface area contributed by atoms with Gasteiger partial charge in [0.2, 0.25) is 0 Å². The van der Waals surface area contributed by atoms with E-state index < -0.39 is 23.8 Å². The molecule has 120 valence electrons. The van der Waals surface area contributed by atoms with Crippen LogP contribution in [-0.4, -0.2) is 25.0 Å². The first kappa shape index (κ1) is 17.7. The Balaban J connectivity index is 3.27. The summed E-state index contributed by atoms with van der Waals surface area (Å²) in [6.07, 6.45) is 0. The summed E-state index contributed by atoms with van der Waals surface area (Å²) in [6, 6.07) is 4.40. The van der Waals surface area contributed by atoms with Gasteiger partial charge in [0.15, 0.2) is 11.5 Å². The van der Waals surface area contributed by atoms with Crippen LogP contribution in [0.15, 0.2) is 18.2 Å². The summed E-state index contributed by atoms with van der Waals surface area (Å²) in [5, 5.41) is 0. The molecule has 0 saturated heterocycles. The van der Waals surface area contributed by atoms with E-state index >= 15 is 0 Å². The average molecular weight is 308 g/mol. The molecule has 0 radical (unpaired) electrons. The molecule has 1 aromatic carbocycles. The molecule has 0 aliphatic rings. The monoisotopic (exact) mass is 308 g/mol. The van der Waals surface area contributed by atoms with Crippen LogP contribution in [0.25, 0.3) is 0 Å². The SMILES string of the molecule is COC(=O)c1cccc(OC(=O)C(C)C)c1OC(=O)C(C)C. The lowest BCUT2D eigenvalue weighted by molar-refractivity contribution is -0.140. The standard InChI is InChI=1S/C16H20O6/c1-9(2)14(17)21-12-8-6-7-11(16(19)20-5)13(12)22-15(18)10(3)4/h6-10H,1-5H3. The molecule has 0 aliphatic carbocycles.